The lowest BCUT2D eigenvalue weighted by atomic mass is 10.2. The van der Waals surface area contributed by atoms with E-state index in [9.17, 15) is 4.39 Å². The topological polar surface area (TPSA) is 17.8 Å². The van der Waals surface area contributed by atoms with Gasteiger partial charge in [0, 0.05) is 15.8 Å². The highest BCUT2D eigenvalue weighted by atomic mass is 35.5. The molecule has 0 saturated heterocycles. The Kier molecular flexibility index (Phi) is 5.39. The van der Waals surface area contributed by atoms with Crippen LogP contribution in [0.15, 0.2) is 71.9 Å². The van der Waals surface area contributed by atoms with E-state index in [0.29, 0.717) is 22.3 Å². The molecule has 0 atom stereocenters. The van der Waals surface area contributed by atoms with E-state index in [1.165, 1.54) is 12.1 Å². The van der Waals surface area contributed by atoms with Crippen LogP contribution in [0.25, 0.3) is 11.0 Å². The number of hydrogen-bond donors (Lipinski definition) is 0. The molecular formula is C21H15Cl2FN2S. The zero-order valence-electron chi connectivity index (χ0n) is 14.2. The van der Waals surface area contributed by atoms with Crippen molar-refractivity contribution in [1.82, 2.24) is 9.55 Å². The van der Waals surface area contributed by atoms with E-state index in [1.807, 2.05) is 36.4 Å². The first-order valence-electron chi connectivity index (χ1n) is 8.36. The molecule has 0 spiro atoms. The van der Waals surface area contributed by atoms with Gasteiger partial charge in [-0.05, 0) is 47.5 Å². The summed E-state index contributed by atoms with van der Waals surface area (Å²) in [5.41, 5.74) is 4.01. The molecule has 4 rings (SSSR count). The second-order valence-corrected chi connectivity index (χ2v) is 7.91. The maximum absolute atomic E-state index is 13.1. The standard InChI is InChI=1S/C21H15Cl2FN2S/c22-16-8-7-15(18(23)11-16)12-26-20-4-2-1-3-19(20)25-21(26)27-13-14-5-9-17(24)10-6-14/h1-11H,12-13H2. The molecule has 0 saturated carbocycles. The quantitative estimate of drug-likeness (QED) is 0.332. The Labute approximate surface area is 170 Å². The summed E-state index contributed by atoms with van der Waals surface area (Å²) in [6.45, 7) is 0.599. The predicted molar refractivity (Wildman–Crippen MR) is 111 cm³/mol. The first kappa shape index (κ1) is 18.4. The van der Waals surface area contributed by atoms with E-state index in [-0.39, 0.29) is 5.82 Å². The lowest BCUT2D eigenvalue weighted by Crippen LogP contribution is -2.02. The van der Waals surface area contributed by atoms with Crippen molar-refractivity contribution in [1.29, 1.82) is 0 Å². The van der Waals surface area contributed by atoms with Crippen molar-refractivity contribution in [2.45, 2.75) is 17.5 Å². The SMILES string of the molecule is Fc1ccc(CSc2nc3ccccc3n2Cc2ccc(Cl)cc2Cl)cc1. The molecule has 0 amide bonds. The summed E-state index contributed by atoms with van der Waals surface area (Å²) < 4.78 is 15.3. The van der Waals surface area contributed by atoms with Crippen LogP contribution in [-0.2, 0) is 12.3 Å². The molecule has 1 aromatic heterocycles. The number of nitrogens with zero attached hydrogens (tertiary/aromatic N) is 2. The third-order valence-electron chi connectivity index (χ3n) is 4.24. The van der Waals surface area contributed by atoms with E-state index in [0.717, 1.165) is 27.3 Å². The molecule has 0 unspecified atom stereocenters. The number of imidazole rings is 1. The zero-order valence-corrected chi connectivity index (χ0v) is 16.5. The van der Waals surface area contributed by atoms with Crippen LogP contribution in [0.4, 0.5) is 4.39 Å². The van der Waals surface area contributed by atoms with Gasteiger partial charge < -0.3 is 4.57 Å². The number of halogens is 3. The fourth-order valence-electron chi connectivity index (χ4n) is 2.87. The Hall–Kier alpha value is -2.01. The normalized spacial score (nSPS) is 11.2. The van der Waals surface area contributed by atoms with Gasteiger partial charge in [0.2, 0.25) is 0 Å². The molecule has 0 bridgehead atoms. The van der Waals surface area contributed by atoms with Crippen LogP contribution < -0.4 is 0 Å². The summed E-state index contributed by atoms with van der Waals surface area (Å²) in [7, 11) is 0. The van der Waals surface area contributed by atoms with E-state index >= 15 is 0 Å². The number of benzene rings is 3. The van der Waals surface area contributed by atoms with Crippen LogP contribution in [0.2, 0.25) is 10.0 Å². The van der Waals surface area contributed by atoms with Crippen molar-refractivity contribution in [3.05, 3.63) is 93.7 Å². The average molecular weight is 417 g/mol. The van der Waals surface area contributed by atoms with Crippen molar-refractivity contribution >= 4 is 46.0 Å². The molecule has 6 heteroatoms. The molecule has 0 aliphatic heterocycles. The molecule has 3 aromatic carbocycles. The third kappa shape index (κ3) is 4.13. The number of fused-ring (bicyclic) bond motifs is 1. The Morgan fingerprint density at radius 1 is 0.963 bits per heavy atom. The minimum atomic E-state index is -0.228. The summed E-state index contributed by atoms with van der Waals surface area (Å²) >= 11 is 14.0. The van der Waals surface area contributed by atoms with E-state index in [4.69, 9.17) is 28.2 Å². The van der Waals surface area contributed by atoms with Gasteiger partial charge in [0.05, 0.1) is 17.6 Å². The Morgan fingerprint density at radius 3 is 2.52 bits per heavy atom. The van der Waals surface area contributed by atoms with Gasteiger partial charge in [-0.15, -0.1) is 0 Å². The first-order chi connectivity index (χ1) is 13.1. The van der Waals surface area contributed by atoms with Crippen molar-refractivity contribution in [3.63, 3.8) is 0 Å². The van der Waals surface area contributed by atoms with Crippen molar-refractivity contribution in [2.24, 2.45) is 0 Å². The number of rotatable bonds is 5. The second kappa shape index (κ2) is 7.93. The lowest BCUT2D eigenvalue weighted by Gasteiger charge is -2.11. The zero-order chi connectivity index (χ0) is 18.8. The largest absolute Gasteiger partial charge is 0.314 e. The minimum Gasteiger partial charge on any atom is -0.314 e. The van der Waals surface area contributed by atoms with Gasteiger partial charge in [0.1, 0.15) is 5.82 Å². The lowest BCUT2D eigenvalue weighted by molar-refractivity contribution is 0.627. The molecule has 0 aliphatic carbocycles. The van der Waals surface area contributed by atoms with Gasteiger partial charge in [-0.2, -0.15) is 0 Å². The maximum Gasteiger partial charge on any atom is 0.169 e. The van der Waals surface area contributed by atoms with Gasteiger partial charge in [0.15, 0.2) is 5.16 Å². The molecule has 2 nitrogen and oxygen atoms in total. The van der Waals surface area contributed by atoms with Crippen LogP contribution in [0.5, 0.6) is 0 Å². The molecule has 0 fully saturated rings. The summed E-state index contributed by atoms with van der Waals surface area (Å²) in [5.74, 6) is 0.478. The van der Waals surface area contributed by atoms with Crippen molar-refractivity contribution < 1.29 is 4.39 Å². The van der Waals surface area contributed by atoms with Crippen LogP contribution in [0.1, 0.15) is 11.1 Å². The fraction of sp³-hybridized carbons (Fsp3) is 0.0952. The van der Waals surface area contributed by atoms with Crippen molar-refractivity contribution in [3.8, 4) is 0 Å². The summed E-state index contributed by atoms with van der Waals surface area (Å²) in [4.78, 5) is 4.77. The molecule has 136 valence electrons. The number of thioether (sulfide) groups is 1. The summed E-state index contributed by atoms with van der Waals surface area (Å²) in [6.07, 6.45) is 0. The maximum atomic E-state index is 13.1. The van der Waals surface area contributed by atoms with Crippen LogP contribution >= 0.6 is 35.0 Å². The third-order valence-corrected chi connectivity index (χ3v) is 5.88. The average Bonchev–Trinajstić information content (AvgIpc) is 3.01. The molecule has 0 N–H and O–H groups in total. The predicted octanol–water partition coefficient (Wildman–Crippen LogP) is 6.82. The van der Waals surface area contributed by atoms with Crippen LogP contribution in [-0.4, -0.2) is 9.55 Å². The molecule has 0 aliphatic rings. The molecule has 4 aromatic rings. The van der Waals surface area contributed by atoms with E-state index < -0.39 is 0 Å². The summed E-state index contributed by atoms with van der Waals surface area (Å²) in [6, 6.07) is 20.1. The van der Waals surface area contributed by atoms with E-state index in [1.54, 1.807) is 30.0 Å². The van der Waals surface area contributed by atoms with Crippen LogP contribution in [0, 0.1) is 5.82 Å². The first-order valence-corrected chi connectivity index (χ1v) is 10.1. The minimum absolute atomic E-state index is 0.228. The number of aromatic nitrogens is 2. The highest BCUT2D eigenvalue weighted by Crippen LogP contribution is 2.29. The smallest absolute Gasteiger partial charge is 0.169 e. The van der Waals surface area contributed by atoms with Crippen molar-refractivity contribution in [2.75, 3.05) is 0 Å². The van der Waals surface area contributed by atoms with E-state index in [2.05, 4.69) is 4.57 Å². The monoisotopic (exact) mass is 416 g/mol. The van der Waals surface area contributed by atoms with Gasteiger partial charge in [-0.3, -0.25) is 0 Å². The fourth-order valence-corrected chi connectivity index (χ4v) is 4.30. The van der Waals surface area contributed by atoms with Gasteiger partial charge in [-0.1, -0.05) is 65.3 Å². The Morgan fingerprint density at radius 2 is 1.74 bits per heavy atom. The van der Waals surface area contributed by atoms with Gasteiger partial charge in [0.25, 0.3) is 0 Å². The highest BCUT2D eigenvalue weighted by molar-refractivity contribution is 7.98. The molecule has 0 radical (unpaired) electrons. The molecular weight excluding hydrogens is 402 g/mol. The second-order valence-electron chi connectivity index (χ2n) is 6.12. The molecule has 1 heterocycles. The van der Waals surface area contributed by atoms with Gasteiger partial charge >= 0.3 is 0 Å². The summed E-state index contributed by atoms with van der Waals surface area (Å²) in [5, 5.41) is 2.14. The Bertz CT molecular complexity index is 1090. The Balaban J connectivity index is 1.67. The van der Waals surface area contributed by atoms with Crippen LogP contribution in [0.3, 0.4) is 0 Å². The molecule has 27 heavy (non-hydrogen) atoms. The highest BCUT2D eigenvalue weighted by Gasteiger charge is 2.13. The number of para-hydroxylation sites is 2. The van der Waals surface area contributed by atoms with Gasteiger partial charge in [-0.25, -0.2) is 9.37 Å². The number of hydrogen-bond acceptors (Lipinski definition) is 2.